The number of nitrogens with one attached hydrogen (secondary N) is 1. The van der Waals surface area contributed by atoms with E-state index >= 15 is 0 Å². The van der Waals surface area contributed by atoms with Crippen LogP contribution in [0.25, 0.3) is 5.69 Å². The largest absolute Gasteiger partial charge is 0.466 e. The summed E-state index contributed by atoms with van der Waals surface area (Å²) in [5, 5.41) is 3.36. The maximum absolute atomic E-state index is 13.1. The molecule has 2 bridgehead atoms. The predicted octanol–water partition coefficient (Wildman–Crippen LogP) is 1.12. The third-order valence-corrected chi connectivity index (χ3v) is 5.27. The van der Waals surface area contributed by atoms with Gasteiger partial charge in [-0.25, -0.2) is 28.3 Å². The molecule has 2 aromatic rings. The molecule has 3 aliphatic heterocycles. The van der Waals surface area contributed by atoms with Crippen molar-refractivity contribution in [2.75, 3.05) is 7.11 Å². The number of fused-ring (bicyclic) bond motifs is 1. The fourth-order valence-corrected chi connectivity index (χ4v) is 3.98. The molecule has 0 saturated heterocycles. The van der Waals surface area contributed by atoms with Gasteiger partial charge >= 0.3 is 17.3 Å². The Kier molecular flexibility index (Phi) is 4.35. The van der Waals surface area contributed by atoms with Crippen LogP contribution in [0.1, 0.15) is 38.4 Å². The topological polar surface area (TPSA) is 87.3 Å². The number of carbonyl (C=O) groups excluding carboxylic acids is 1. The third-order valence-electron chi connectivity index (χ3n) is 5.27. The van der Waals surface area contributed by atoms with Crippen LogP contribution in [0.3, 0.4) is 0 Å². The van der Waals surface area contributed by atoms with Gasteiger partial charge in [-0.1, -0.05) is 38.0 Å². The van der Waals surface area contributed by atoms with Gasteiger partial charge in [0.15, 0.2) is 0 Å². The van der Waals surface area contributed by atoms with Gasteiger partial charge in [0.05, 0.1) is 24.4 Å². The first-order valence-electron chi connectivity index (χ1n) is 9.16. The predicted molar refractivity (Wildman–Crippen MR) is 98.9 cm³/mol. The summed E-state index contributed by atoms with van der Waals surface area (Å²) in [4.78, 5) is 38.4. The highest BCUT2D eigenvalue weighted by atomic mass is 16.5. The Bertz CT molecular complexity index is 1010. The molecule has 5 rings (SSSR count). The number of unbranched alkanes of at least 4 members (excludes halogenated alkanes) is 1. The van der Waals surface area contributed by atoms with Crippen LogP contribution in [0.5, 0.6) is 0 Å². The van der Waals surface area contributed by atoms with Crippen molar-refractivity contribution in [1.82, 2.24) is 19.2 Å². The average molecular weight is 370 g/mol. The van der Waals surface area contributed by atoms with E-state index in [4.69, 9.17) is 4.74 Å². The van der Waals surface area contributed by atoms with E-state index in [9.17, 15) is 14.4 Å². The Morgan fingerprint density at radius 1 is 1.15 bits per heavy atom. The van der Waals surface area contributed by atoms with Crippen LogP contribution < -0.4 is 16.7 Å². The smallest absolute Gasteiger partial charge is 0.353 e. The van der Waals surface area contributed by atoms with Crippen LogP contribution in [0.4, 0.5) is 0 Å². The van der Waals surface area contributed by atoms with Gasteiger partial charge in [-0.3, -0.25) is 5.32 Å². The number of nitrogens with zero attached hydrogens (tertiary/aromatic N) is 3. The van der Waals surface area contributed by atoms with Gasteiger partial charge in [0.1, 0.15) is 6.17 Å². The van der Waals surface area contributed by atoms with Gasteiger partial charge in [0, 0.05) is 6.04 Å². The molecule has 142 valence electrons. The van der Waals surface area contributed by atoms with Crippen molar-refractivity contribution in [2.24, 2.45) is 0 Å². The quantitative estimate of drug-likeness (QED) is 0.797. The molecule has 8 nitrogen and oxygen atoms in total. The zero-order valence-corrected chi connectivity index (χ0v) is 15.3. The lowest BCUT2D eigenvalue weighted by molar-refractivity contribution is -0.137. The molecule has 0 fully saturated rings. The number of methoxy groups -OCH3 is 1. The van der Waals surface area contributed by atoms with Gasteiger partial charge in [-0.2, -0.15) is 0 Å². The zero-order chi connectivity index (χ0) is 19.1. The minimum Gasteiger partial charge on any atom is -0.466 e. The van der Waals surface area contributed by atoms with Crippen LogP contribution >= 0.6 is 0 Å². The summed E-state index contributed by atoms with van der Waals surface area (Å²) in [6.45, 7) is 2.10. The van der Waals surface area contributed by atoms with Crippen LogP contribution in [0, 0.1) is 0 Å². The number of ether oxygens (including phenoxy) is 1. The van der Waals surface area contributed by atoms with Crippen molar-refractivity contribution in [3.8, 4) is 5.69 Å². The standard InChI is InChI=1S/C19H22N4O4/c1-3-4-10-14-15-11-13(17(24)27-2)16(20-14)23-19(26)21(18(25)22(15)23)12-8-6-5-7-9-12/h5-9,11,14-16,20H,3-4,10H2,1-2H3/t14-,15+,16+/m0/s1. The van der Waals surface area contributed by atoms with Crippen molar-refractivity contribution in [3.05, 3.63) is 62.9 Å². The minimum atomic E-state index is -0.713. The fourth-order valence-electron chi connectivity index (χ4n) is 3.98. The number of carbonyl (C=O) groups is 1. The Morgan fingerprint density at radius 2 is 1.85 bits per heavy atom. The number of para-hydroxylation sites is 1. The number of hydrogen-bond donors (Lipinski definition) is 1. The highest BCUT2D eigenvalue weighted by Gasteiger charge is 2.45. The van der Waals surface area contributed by atoms with Gasteiger partial charge in [-0.15, -0.1) is 0 Å². The Labute approximate surface area is 155 Å². The van der Waals surface area contributed by atoms with E-state index in [0.717, 1.165) is 23.8 Å². The summed E-state index contributed by atoms with van der Waals surface area (Å²) in [6, 6.07) is 8.37. The second-order valence-electron chi connectivity index (χ2n) is 6.85. The van der Waals surface area contributed by atoms with Crippen LogP contribution in [-0.4, -0.2) is 33.1 Å². The molecule has 4 heterocycles. The lowest BCUT2D eigenvalue weighted by Gasteiger charge is -2.43. The molecule has 1 N–H and O–H groups in total. The van der Waals surface area contributed by atoms with E-state index < -0.39 is 29.6 Å². The number of benzene rings is 1. The summed E-state index contributed by atoms with van der Waals surface area (Å²) in [5.41, 5.74) is -0.00454. The maximum atomic E-state index is 13.1. The van der Waals surface area contributed by atoms with Crippen molar-refractivity contribution in [2.45, 2.75) is 44.4 Å². The lowest BCUT2D eigenvalue weighted by Crippen LogP contribution is -2.57. The second kappa shape index (κ2) is 6.70. The summed E-state index contributed by atoms with van der Waals surface area (Å²) < 4.78 is 8.85. The van der Waals surface area contributed by atoms with Gasteiger partial charge in [0.2, 0.25) is 0 Å². The molecule has 0 unspecified atom stereocenters. The molecule has 1 aromatic carbocycles. The number of aromatic nitrogens is 3. The van der Waals surface area contributed by atoms with Crippen LogP contribution in [-0.2, 0) is 9.53 Å². The van der Waals surface area contributed by atoms with Gasteiger partial charge < -0.3 is 4.74 Å². The summed E-state index contributed by atoms with van der Waals surface area (Å²) in [5.74, 6) is -0.496. The highest BCUT2D eigenvalue weighted by Crippen LogP contribution is 2.35. The fraction of sp³-hybridized carbons (Fsp3) is 0.421. The monoisotopic (exact) mass is 370 g/mol. The van der Waals surface area contributed by atoms with E-state index in [0.29, 0.717) is 11.3 Å². The number of rotatable bonds is 5. The number of hydrogen-bond acceptors (Lipinski definition) is 5. The zero-order valence-electron chi connectivity index (χ0n) is 15.3. The molecule has 0 spiro atoms. The minimum absolute atomic E-state index is 0.0212. The molecular weight excluding hydrogens is 348 g/mol. The molecule has 0 radical (unpaired) electrons. The molecule has 0 aliphatic carbocycles. The highest BCUT2D eigenvalue weighted by molar-refractivity contribution is 5.89. The molecule has 3 aliphatic rings. The SMILES string of the molecule is CCCC[C@@H]1N[C@H]2C(C(=O)OC)=C[C@H]1n1c(=O)n(-c3ccccc3)c(=O)n12. The summed E-state index contributed by atoms with van der Waals surface area (Å²) in [7, 11) is 1.31. The van der Waals surface area contributed by atoms with E-state index in [1.807, 2.05) is 6.07 Å². The molecule has 0 amide bonds. The lowest BCUT2D eigenvalue weighted by atomic mass is 9.92. The van der Waals surface area contributed by atoms with E-state index in [-0.39, 0.29) is 6.04 Å². The van der Waals surface area contributed by atoms with Gasteiger partial charge in [-0.05, 0) is 24.6 Å². The van der Waals surface area contributed by atoms with Crippen molar-refractivity contribution in [1.29, 1.82) is 0 Å². The van der Waals surface area contributed by atoms with Gasteiger partial charge in [0.25, 0.3) is 0 Å². The Hall–Kier alpha value is -2.87. The Balaban J connectivity index is 1.89. The molecule has 8 heteroatoms. The number of esters is 1. The molecule has 1 aromatic heterocycles. The first-order chi connectivity index (χ1) is 13.1. The van der Waals surface area contributed by atoms with Crippen LogP contribution in [0.15, 0.2) is 51.6 Å². The van der Waals surface area contributed by atoms with Crippen molar-refractivity contribution in [3.63, 3.8) is 0 Å². The molecular formula is C19H22N4O4. The molecule has 0 saturated carbocycles. The van der Waals surface area contributed by atoms with Crippen molar-refractivity contribution < 1.29 is 9.53 Å². The molecule has 3 atom stereocenters. The summed E-state index contributed by atoms with van der Waals surface area (Å²) >= 11 is 0. The third kappa shape index (κ3) is 2.59. The molecule has 27 heavy (non-hydrogen) atoms. The van der Waals surface area contributed by atoms with Crippen molar-refractivity contribution >= 4 is 5.97 Å². The average Bonchev–Trinajstić information content (AvgIpc) is 2.98. The first kappa shape index (κ1) is 17.5. The first-order valence-corrected chi connectivity index (χ1v) is 9.16. The van der Waals surface area contributed by atoms with E-state index in [1.54, 1.807) is 30.3 Å². The van der Waals surface area contributed by atoms with E-state index in [1.165, 1.54) is 16.5 Å². The maximum Gasteiger partial charge on any atom is 0.353 e. The van der Waals surface area contributed by atoms with E-state index in [2.05, 4.69) is 12.2 Å². The van der Waals surface area contributed by atoms with Crippen LogP contribution in [0.2, 0.25) is 0 Å². The normalized spacial score (nSPS) is 23.0. The summed E-state index contributed by atoms with van der Waals surface area (Å²) in [6.07, 6.45) is 3.91. The second-order valence-corrected chi connectivity index (χ2v) is 6.85. The Morgan fingerprint density at radius 3 is 2.52 bits per heavy atom.